The molecule has 192 valence electrons. The van der Waals surface area contributed by atoms with E-state index in [-0.39, 0.29) is 5.03 Å². The van der Waals surface area contributed by atoms with E-state index < -0.39 is 57.9 Å². The van der Waals surface area contributed by atoms with Gasteiger partial charge in [0.15, 0.2) is 23.3 Å². The highest BCUT2D eigenvalue weighted by molar-refractivity contribution is 8.03. The van der Waals surface area contributed by atoms with Crippen LogP contribution in [0.3, 0.4) is 0 Å². The Hall–Kier alpha value is -3.79. The lowest BCUT2D eigenvalue weighted by Gasteiger charge is -2.15. The Labute approximate surface area is 207 Å². The number of carbonyl (C=O) groups excluding carboxylic acids is 2. The van der Waals surface area contributed by atoms with Gasteiger partial charge in [0.05, 0.1) is 23.1 Å². The molecule has 0 bridgehead atoms. The van der Waals surface area contributed by atoms with E-state index in [1.807, 2.05) is 0 Å². The van der Waals surface area contributed by atoms with Crippen molar-refractivity contribution in [1.29, 1.82) is 5.26 Å². The quantitative estimate of drug-likeness (QED) is 0.127. The molecule has 2 aromatic carbocycles. The number of nitrogens with one attached hydrogen (secondary N) is 3. The number of halogens is 5. The standard InChI is InChI=1S/C23H21F5N4O3S/c1-3-9-30-23(12(10-29)22(34)31-13-7-5-6-8-14(13)35-4-2)36-11-15(33)32-21-19(27)17(25)16(24)18(26)20(21)28/h5-8,30H,3-4,9,11H2,1-2H3,(H,31,34)(H,32,33). The molecular weight excluding hydrogens is 507 g/mol. The average molecular weight is 529 g/mol. The first-order chi connectivity index (χ1) is 17.2. The molecule has 7 nitrogen and oxygen atoms in total. The zero-order valence-electron chi connectivity index (χ0n) is 19.1. The molecule has 0 saturated carbocycles. The summed E-state index contributed by atoms with van der Waals surface area (Å²) < 4.78 is 73.1. The SMILES string of the molecule is CCCNC(SCC(=O)Nc1c(F)c(F)c(F)c(F)c1F)=C(C#N)C(=O)Nc1ccccc1OCC. The highest BCUT2D eigenvalue weighted by Crippen LogP contribution is 2.28. The van der Waals surface area contributed by atoms with Gasteiger partial charge in [0.1, 0.15) is 23.1 Å². The maximum Gasteiger partial charge on any atom is 0.269 e. The maximum absolute atomic E-state index is 13.8. The van der Waals surface area contributed by atoms with Gasteiger partial charge in [0.25, 0.3) is 5.91 Å². The van der Waals surface area contributed by atoms with Crippen molar-refractivity contribution in [2.24, 2.45) is 0 Å². The molecule has 2 rings (SSSR count). The molecule has 3 N–H and O–H groups in total. The van der Waals surface area contributed by atoms with Crippen LogP contribution >= 0.6 is 11.8 Å². The van der Waals surface area contributed by atoms with E-state index in [4.69, 9.17) is 4.74 Å². The summed E-state index contributed by atoms with van der Waals surface area (Å²) >= 11 is 0.634. The van der Waals surface area contributed by atoms with E-state index in [0.717, 1.165) is 0 Å². The third kappa shape index (κ3) is 6.88. The van der Waals surface area contributed by atoms with Crippen LogP contribution < -0.4 is 20.7 Å². The number of anilines is 2. The van der Waals surface area contributed by atoms with Gasteiger partial charge >= 0.3 is 0 Å². The minimum Gasteiger partial charge on any atom is -0.492 e. The van der Waals surface area contributed by atoms with E-state index in [2.05, 4.69) is 10.6 Å². The van der Waals surface area contributed by atoms with Crippen LogP contribution in [0.5, 0.6) is 5.75 Å². The molecule has 0 aliphatic heterocycles. The molecule has 2 aromatic rings. The van der Waals surface area contributed by atoms with Crippen molar-refractivity contribution in [1.82, 2.24) is 5.32 Å². The van der Waals surface area contributed by atoms with E-state index in [9.17, 15) is 36.8 Å². The van der Waals surface area contributed by atoms with Gasteiger partial charge in [-0.25, -0.2) is 22.0 Å². The minimum absolute atomic E-state index is 0.0293. The molecule has 0 aliphatic carbocycles. The minimum atomic E-state index is -2.36. The van der Waals surface area contributed by atoms with Crippen LogP contribution in [-0.4, -0.2) is 30.7 Å². The first-order valence-corrected chi connectivity index (χ1v) is 11.5. The predicted octanol–water partition coefficient (Wildman–Crippen LogP) is 4.83. The number of thioether (sulfide) groups is 1. The summed E-state index contributed by atoms with van der Waals surface area (Å²) in [7, 11) is 0. The number of hydrogen-bond donors (Lipinski definition) is 3. The van der Waals surface area contributed by atoms with Gasteiger partial charge in [0, 0.05) is 6.54 Å². The molecule has 36 heavy (non-hydrogen) atoms. The van der Waals surface area contributed by atoms with Crippen LogP contribution in [0.15, 0.2) is 34.9 Å². The third-order valence-corrected chi connectivity index (χ3v) is 5.40. The number of nitriles is 1. The third-order valence-electron chi connectivity index (χ3n) is 4.36. The second-order valence-electron chi connectivity index (χ2n) is 6.91. The number of ether oxygens (including phenoxy) is 1. The van der Waals surface area contributed by atoms with Crippen molar-refractivity contribution < 1.29 is 36.3 Å². The highest BCUT2D eigenvalue weighted by Gasteiger charge is 2.27. The number of rotatable bonds is 11. The summed E-state index contributed by atoms with van der Waals surface area (Å²) in [5.41, 5.74) is -1.61. The molecule has 2 amide bonds. The van der Waals surface area contributed by atoms with Crippen LogP contribution in [-0.2, 0) is 9.59 Å². The summed E-state index contributed by atoms with van der Waals surface area (Å²) in [4.78, 5) is 25.1. The normalized spacial score (nSPS) is 11.3. The molecule has 0 fully saturated rings. The fourth-order valence-electron chi connectivity index (χ4n) is 2.72. The highest BCUT2D eigenvalue weighted by atomic mass is 32.2. The van der Waals surface area contributed by atoms with Crippen molar-refractivity contribution in [3.8, 4) is 11.8 Å². The molecule has 0 aliphatic rings. The lowest BCUT2D eigenvalue weighted by molar-refractivity contribution is -0.114. The number of benzene rings is 2. The number of para-hydroxylation sites is 2. The summed E-state index contributed by atoms with van der Waals surface area (Å²) in [5.74, 6) is -13.4. The molecule has 0 aromatic heterocycles. The van der Waals surface area contributed by atoms with Crippen molar-refractivity contribution in [3.05, 3.63) is 64.0 Å². The number of hydrogen-bond acceptors (Lipinski definition) is 6. The Kier molecular flexibility index (Phi) is 10.5. The summed E-state index contributed by atoms with van der Waals surface area (Å²) in [6.07, 6.45) is 0.578. The van der Waals surface area contributed by atoms with Crippen molar-refractivity contribution in [3.63, 3.8) is 0 Å². The lowest BCUT2D eigenvalue weighted by Crippen LogP contribution is -2.23. The Balaban J connectivity index is 2.25. The van der Waals surface area contributed by atoms with Crippen LogP contribution in [0.1, 0.15) is 20.3 Å². The van der Waals surface area contributed by atoms with Crippen molar-refractivity contribution in [2.75, 3.05) is 29.5 Å². The largest absolute Gasteiger partial charge is 0.492 e. The second-order valence-corrected chi connectivity index (χ2v) is 7.89. The summed E-state index contributed by atoms with van der Waals surface area (Å²) in [6.45, 7) is 4.18. The fraction of sp³-hybridized carbons (Fsp3) is 0.261. The Morgan fingerprint density at radius 3 is 2.17 bits per heavy atom. The van der Waals surface area contributed by atoms with E-state index in [0.29, 0.717) is 42.8 Å². The first kappa shape index (κ1) is 28.4. The molecule has 0 heterocycles. The molecule has 0 spiro atoms. The Bertz CT molecular complexity index is 1190. The maximum atomic E-state index is 13.8. The molecule has 0 saturated heterocycles. The Morgan fingerprint density at radius 2 is 1.58 bits per heavy atom. The zero-order valence-corrected chi connectivity index (χ0v) is 19.9. The van der Waals surface area contributed by atoms with Crippen LogP contribution in [0.25, 0.3) is 0 Å². The van der Waals surface area contributed by atoms with Gasteiger partial charge in [-0.2, -0.15) is 5.26 Å². The topological polar surface area (TPSA) is 103 Å². The van der Waals surface area contributed by atoms with E-state index >= 15 is 0 Å². The predicted molar refractivity (Wildman–Crippen MR) is 124 cm³/mol. The average Bonchev–Trinajstić information content (AvgIpc) is 2.87. The molecule has 0 atom stereocenters. The van der Waals surface area contributed by atoms with Gasteiger partial charge in [-0.1, -0.05) is 30.8 Å². The van der Waals surface area contributed by atoms with Gasteiger partial charge in [-0.3, -0.25) is 9.59 Å². The Morgan fingerprint density at radius 1 is 0.972 bits per heavy atom. The van der Waals surface area contributed by atoms with Crippen LogP contribution in [0, 0.1) is 40.4 Å². The summed E-state index contributed by atoms with van der Waals surface area (Å²) in [6, 6.07) is 8.25. The van der Waals surface area contributed by atoms with E-state index in [1.54, 1.807) is 49.5 Å². The molecule has 0 unspecified atom stereocenters. The van der Waals surface area contributed by atoms with Gasteiger partial charge in [-0.15, -0.1) is 0 Å². The number of nitrogens with zero attached hydrogens (tertiary/aromatic N) is 1. The van der Waals surface area contributed by atoms with Crippen molar-refractivity contribution >= 4 is 35.0 Å². The number of carbonyl (C=O) groups is 2. The lowest BCUT2D eigenvalue weighted by atomic mass is 10.2. The molecule has 13 heteroatoms. The monoisotopic (exact) mass is 528 g/mol. The van der Waals surface area contributed by atoms with Gasteiger partial charge in [0.2, 0.25) is 11.7 Å². The number of amides is 2. The zero-order chi connectivity index (χ0) is 26.8. The summed E-state index contributed by atoms with van der Waals surface area (Å²) in [5, 5.41) is 16.6. The first-order valence-electron chi connectivity index (χ1n) is 10.5. The smallest absolute Gasteiger partial charge is 0.269 e. The van der Waals surface area contributed by atoms with Crippen molar-refractivity contribution in [2.45, 2.75) is 20.3 Å². The van der Waals surface area contributed by atoms with Gasteiger partial charge in [-0.05, 0) is 25.5 Å². The van der Waals surface area contributed by atoms with Gasteiger partial charge < -0.3 is 20.7 Å². The van der Waals surface area contributed by atoms with E-state index in [1.165, 1.54) is 0 Å². The fourth-order valence-corrected chi connectivity index (χ4v) is 3.55. The second kappa shape index (κ2) is 13.3. The molecular formula is C23H21F5N4O3S. The van der Waals surface area contributed by atoms with Crippen LogP contribution in [0.4, 0.5) is 33.3 Å². The molecule has 0 radical (unpaired) electrons. The van der Waals surface area contributed by atoms with Crippen LogP contribution in [0.2, 0.25) is 0 Å².